The van der Waals surface area contributed by atoms with Crippen LogP contribution in [0.4, 0.5) is 0 Å². The molecule has 0 aliphatic heterocycles. The molecular formula is C44H29N3Si. The Labute approximate surface area is 280 Å². The van der Waals surface area contributed by atoms with Crippen LogP contribution >= 0.6 is 0 Å². The molecule has 0 spiro atoms. The summed E-state index contributed by atoms with van der Waals surface area (Å²) in [5.74, 6) is 0. The summed E-state index contributed by atoms with van der Waals surface area (Å²) in [6.07, 6.45) is 0. The zero-order chi connectivity index (χ0) is 32.5. The molecule has 1 aromatic heterocycles. The number of hydrogen-bond donors (Lipinski definition) is 0. The van der Waals surface area contributed by atoms with Gasteiger partial charge in [0.25, 0.3) is 0 Å². The molecule has 0 aliphatic rings. The molecular weight excluding hydrogens is 599 g/mol. The molecule has 0 saturated carbocycles. The van der Waals surface area contributed by atoms with Crippen LogP contribution in [0.15, 0.2) is 176 Å². The van der Waals surface area contributed by atoms with Crippen molar-refractivity contribution in [2.24, 2.45) is 0 Å². The van der Waals surface area contributed by atoms with Gasteiger partial charge >= 0.3 is 0 Å². The predicted molar refractivity (Wildman–Crippen MR) is 199 cm³/mol. The van der Waals surface area contributed by atoms with E-state index >= 15 is 0 Å². The van der Waals surface area contributed by atoms with E-state index < -0.39 is 8.07 Å². The van der Waals surface area contributed by atoms with Crippen LogP contribution in [0, 0.1) is 22.7 Å². The zero-order valence-corrected chi connectivity index (χ0v) is 27.1. The van der Waals surface area contributed by atoms with Crippen LogP contribution in [-0.2, 0) is 0 Å². The van der Waals surface area contributed by atoms with Gasteiger partial charge in [-0.15, -0.1) is 0 Å². The first-order valence-corrected chi connectivity index (χ1v) is 18.0. The van der Waals surface area contributed by atoms with Crippen LogP contribution in [0.25, 0.3) is 38.6 Å². The maximum atomic E-state index is 10.8. The van der Waals surface area contributed by atoms with Gasteiger partial charge in [-0.3, -0.25) is 0 Å². The van der Waals surface area contributed by atoms with Gasteiger partial charge in [0.05, 0.1) is 34.3 Å². The lowest BCUT2D eigenvalue weighted by molar-refractivity contribution is 1.18. The van der Waals surface area contributed by atoms with Crippen molar-refractivity contribution in [3.63, 3.8) is 0 Å². The van der Waals surface area contributed by atoms with Crippen molar-refractivity contribution >= 4 is 50.6 Å². The van der Waals surface area contributed by atoms with Gasteiger partial charge in [-0.05, 0) is 62.7 Å². The fourth-order valence-electron chi connectivity index (χ4n) is 7.41. The molecule has 0 atom stereocenters. The molecule has 3 nitrogen and oxygen atoms in total. The largest absolute Gasteiger partial charge is 0.309 e. The Morgan fingerprint density at radius 2 is 0.854 bits per heavy atom. The third kappa shape index (κ3) is 4.55. The van der Waals surface area contributed by atoms with Gasteiger partial charge in [-0.25, -0.2) is 0 Å². The highest BCUT2D eigenvalue weighted by atomic mass is 28.3. The van der Waals surface area contributed by atoms with Crippen LogP contribution < -0.4 is 20.7 Å². The average Bonchev–Trinajstić information content (AvgIpc) is 3.50. The van der Waals surface area contributed by atoms with Gasteiger partial charge in [-0.1, -0.05) is 140 Å². The van der Waals surface area contributed by atoms with E-state index in [0.29, 0.717) is 16.7 Å². The third-order valence-corrected chi connectivity index (χ3v) is 14.2. The van der Waals surface area contributed by atoms with Crippen LogP contribution in [0.2, 0.25) is 0 Å². The van der Waals surface area contributed by atoms with Crippen LogP contribution in [-0.4, -0.2) is 12.6 Å². The number of aromatic nitrogens is 1. The highest BCUT2D eigenvalue weighted by molar-refractivity contribution is 7.19. The predicted octanol–water partition coefficient (Wildman–Crippen LogP) is 7.57. The lowest BCUT2D eigenvalue weighted by atomic mass is 9.95. The summed E-state index contributed by atoms with van der Waals surface area (Å²) in [4.78, 5) is 0. The van der Waals surface area contributed by atoms with Crippen LogP contribution in [0.5, 0.6) is 0 Å². The molecule has 0 saturated heterocycles. The number of fused-ring (bicyclic) bond motifs is 3. The Bertz CT molecular complexity index is 2340. The van der Waals surface area contributed by atoms with E-state index in [1.807, 2.05) is 42.5 Å². The second-order valence-corrected chi connectivity index (χ2v) is 15.7. The van der Waals surface area contributed by atoms with Crippen molar-refractivity contribution in [3.05, 3.63) is 187 Å². The smallest absolute Gasteiger partial charge is 0.179 e. The minimum Gasteiger partial charge on any atom is -0.309 e. The molecule has 0 unspecified atom stereocenters. The summed E-state index contributed by atoms with van der Waals surface area (Å²) in [6, 6.07) is 65.9. The number of hydrogen-bond acceptors (Lipinski definition) is 2. The Morgan fingerprint density at radius 1 is 0.417 bits per heavy atom. The second-order valence-electron chi connectivity index (χ2n) is 11.9. The summed E-state index contributed by atoms with van der Waals surface area (Å²) >= 11 is 0. The average molecular weight is 628 g/mol. The maximum Gasteiger partial charge on any atom is 0.179 e. The zero-order valence-electron chi connectivity index (χ0n) is 26.1. The number of rotatable bonds is 6. The summed E-state index contributed by atoms with van der Waals surface area (Å²) in [5, 5.41) is 28.5. The first-order valence-electron chi connectivity index (χ1n) is 16.0. The van der Waals surface area contributed by atoms with Crippen molar-refractivity contribution in [1.29, 1.82) is 10.5 Å². The molecule has 224 valence electrons. The number of nitrogens with zero attached hydrogens (tertiary/aromatic N) is 3. The normalized spacial score (nSPS) is 11.3. The van der Waals surface area contributed by atoms with Gasteiger partial charge in [0.15, 0.2) is 8.07 Å². The highest BCUT2D eigenvalue weighted by Crippen LogP contribution is 2.34. The van der Waals surface area contributed by atoms with Gasteiger partial charge < -0.3 is 4.57 Å². The van der Waals surface area contributed by atoms with E-state index in [0.717, 1.165) is 27.5 Å². The van der Waals surface area contributed by atoms with E-state index in [1.54, 1.807) is 0 Å². The molecule has 8 rings (SSSR count). The Balaban J connectivity index is 1.39. The molecule has 0 aliphatic carbocycles. The molecule has 0 N–H and O–H groups in total. The lowest BCUT2D eigenvalue weighted by Crippen LogP contribution is -2.74. The lowest BCUT2D eigenvalue weighted by Gasteiger charge is -2.35. The van der Waals surface area contributed by atoms with Crippen LogP contribution in [0.3, 0.4) is 0 Å². The summed E-state index contributed by atoms with van der Waals surface area (Å²) < 4.78 is 2.26. The third-order valence-electron chi connectivity index (χ3n) is 9.41. The number of para-hydroxylation sites is 2. The molecule has 0 amide bonds. The van der Waals surface area contributed by atoms with Gasteiger partial charge in [0.2, 0.25) is 0 Å². The molecule has 4 heteroatoms. The van der Waals surface area contributed by atoms with E-state index in [-0.39, 0.29) is 0 Å². The first kappa shape index (κ1) is 29.0. The molecule has 7 aromatic carbocycles. The summed E-state index contributed by atoms with van der Waals surface area (Å²) in [6.45, 7) is 0. The summed E-state index contributed by atoms with van der Waals surface area (Å²) in [5.41, 5.74) is 5.66. The van der Waals surface area contributed by atoms with Crippen LogP contribution in [0.1, 0.15) is 11.1 Å². The fraction of sp³-hybridized carbons (Fsp3) is 0. The highest BCUT2D eigenvalue weighted by Gasteiger charge is 2.42. The van der Waals surface area contributed by atoms with Crippen molar-refractivity contribution < 1.29 is 0 Å². The van der Waals surface area contributed by atoms with Crippen molar-refractivity contribution in [3.8, 4) is 29.0 Å². The van der Waals surface area contributed by atoms with Crippen molar-refractivity contribution in [2.45, 2.75) is 0 Å². The van der Waals surface area contributed by atoms with Gasteiger partial charge in [-0.2, -0.15) is 10.5 Å². The van der Waals surface area contributed by atoms with E-state index in [9.17, 15) is 10.5 Å². The molecule has 0 radical (unpaired) electrons. The van der Waals surface area contributed by atoms with E-state index in [1.165, 1.54) is 26.3 Å². The standard InChI is InChI=1S/C44H29N3Si/c45-30-33-28-39(48(36-17-4-1-5-18-36,37-19-6-2-7-20-37)38-21-8-3-9-22-38)29-34(31-46)44(33)32-15-14-16-35(27-32)47-42-25-12-10-23-40(42)41-24-11-13-26-43(41)47/h1-29H. The summed E-state index contributed by atoms with van der Waals surface area (Å²) in [7, 11) is -2.94. The number of benzene rings is 7. The maximum absolute atomic E-state index is 10.8. The fourth-order valence-corrected chi connectivity index (χ4v) is 12.2. The molecule has 0 bridgehead atoms. The SMILES string of the molecule is N#Cc1cc([Si](c2ccccc2)(c2ccccc2)c2ccccc2)cc(C#N)c1-c1cccc(-n2c3ccccc3c3ccccc32)c1. The monoisotopic (exact) mass is 627 g/mol. The molecule has 0 fully saturated rings. The van der Waals surface area contributed by atoms with E-state index in [4.69, 9.17) is 0 Å². The van der Waals surface area contributed by atoms with Crippen molar-refractivity contribution in [1.82, 2.24) is 4.57 Å². The Kier molecular flexibility index (Phi) is 7.27. The quantitative estimate of drug-likeness (QED) is 0.141. The molecule has 1 heterocycles. The number of nitriles is 2. The Morgan fingerprint density at radius 3 is 1.31 bits per heavy atom. The second kappa shape index (κ2) is 12.0. The van der Waals surface area contributed by atoms with Crippen molar-refractivity contribution in [2.75, 3.05) is 0 Å². The Hall–Kier alpha value is -6.46. The van der Waals surface area contributed by atoms with Gasteiger partial charge in [0.1, 0.15) is 0 Å². The first-order chi connectivity index (χ1) is 23.7. The minimum absolute atomic E-state index is 0.489. The minimum atomic E-state index is -2.94. The molecule has 48 heavy (non-hydrogen) atoms. The van der Waals surface area contributed by atoms with Gasteiger partial charge in [0, 0.05) is 22.0 Å². The molecule has 8 aromatic rings. The van der Waals surface area contributed by atoms with E-state index in [2.05, 4.69) is 150 Å². The topological polar surface area (TPSA) is 52.5 Å².